The van der Waals surface area contributed by atoms with Gasteiger partial charge in [-0.1, -0.05) is 45.9 Å². The molecule has 0 unspecified atom stereocenters. The molecule has 3 nitrogen and oxygen atoms in total. The molecule has 0 amide bonds. The van der Waals surface area contributed by atoms with Gasteiger partial charge in [0.15, 0.2) is 0 Å². The third-order valence-electron chi connectivity index (χ3n) is 3.26. The van der Waals surface area contributed by atoms with Gasteiger partial charge in [-0.2, -0.15) is 0 Å². The molecule has 2 rings (SSSR count). The zero-order chi connectivity index (χ0) is 15.3. The van der Waals surface area contributed by atoms with Crippen LogP contribution in [0.4, 0.5) is 0 Å². The molecule has 0 aliphatic heterocycles. The fourth-order valence-corrected chi connectivity index (χ4v) is 2.01. The number of benzene rings is 1. The molecule has 112 valence electrons. The number of nitrogens with zero attached hydrogens (tertiary/aromatic N) is 1. The van der Waals surface area contributed by atoms with Gasteiger partial charge in [0.05, 0.1) is 5.69 Å². The van der Waals surface area contributed by atoms with Gasteiger partial charge in [0.1, 0.15) is 5.75 Å². The second kappa shape index (κ2) is 6.72. The van der Waals surface area contributed by atoms with Gasteiger partial charge in [-0.3, -0.25) is 0 Å². The Morgan fingerprint density at radius 1 is 1.10 bits per heavy atom. The first-order valence-corrected chi connectivity index (χ1v) is 7.44. The van der Waals surface area contributed by atoms with Crippen molar-refractivity contribution in [2.45, 2.75) is 39.7 Å². The predicted molar refractivity (Wildman–Crippen MR) is 86.8 cm³/mol. The number of hydrogen-bond donors (Lipinski definition) is 1. The highest BCUT2D eigenvalue weighted by Gasteiger charge is 2.14. The molecule has 1 N–H and O–H groups in total. The average molecular weight is 284 g/mol. The molecule has 0 bridgehead atoms. The van der Waals surface area contributed by atoms with E-state index in [-0.39, 0.29) is 5.41 Å². The number of hydrogen-bond acceptors (Lipinski definition) is 3. The molecule has 0 saturated carbocycles. The van der Waals surface area contributed by atoms with Gasteiger partial charge in [-0.25, -0.2) is 4.98 Å². The monoisotopic (exact) mass is 284 g/mol. The van der Waals surface area contributed by atoms with E-state index in [1.807, 2.05) is 30.3 Å². The van der Waals surface area contributed by atoms with Gasteiger partial charge in [0, 0.05) is 12.6 Å². The summed E-state index contributed by atoms with van der Waals surface area (Å²) in [5.74, 6) is 1.46. The zero-order valence-electron chi connectivity index (χ0n) is 13.3. The van der Waals surface area contributed by atoms with E-state index in [9.17, 15) is 0 Å². The third kappa shape index (κ3) is 4.57. The molecule has 3 heteroatoms. The highest BCUT2D eigenvalue weighted by Crippen LogP contribution is 2.27. The second-order valence-electron chi connectivity index (χ2n) is 6.13. The Morgan fingerprint density at radius 3 is 2.57 bits per heavy atom. The van der Waals surface area contributed by atoms with Gasteiger partial charge in [0.2, 0.25) is 5.88 Å². The lowest BCUT2D eigenvalue weighted by atomic mass is 9.87. The van der Waals surface area contributed by atoms with Crippen molar-refractivity contribution in [3.63, 3.8) is 0 Å². The van der Waals surface area contributed by atoms with Crippen LogP contribution in [-0.2, 0) is 12.0 Å². The van der Waals surface area contributed by atoms with Crippen molar-refractivity contribution in [2.75, 3.05) is 6.54 Å². The van der Waals surface area contributed by atoms with Crippen molar-refractivity contribution >= 4 is 0 Å². The molecule has 1 heterocycles. The molecule has 0 aliphatic rings. The second-order valence-corrected chi connectivity index (χ2v) is 6.13. The van der Waals surface area contributed by atoms with Gasteiger partial charge in [-0.15, -0.1) is 0 Å². The molecule has 0 atom stereocenters. The Morgan fingerprint density at radius 2 is 1.86 bits per heavy atom. The molecular formula is C18H24N2O. The molecule has 1 aromatic heterocycles. The Hall–Kier alpha value is -1.87. The van der Waals surface area contributed by atoms with Crippen molar-refractivity contribution in [2.24, 2.45) is 0 Å². The lowest BCUT2D eigenvalue weighted by Crippen LogP contribution is -2.13. The maximum Gasteiger partial charge on any atom is 0.219 e. The summed E-state index contributed by atoms with van der Waals surface area (Å²) in [4.78, 5) is 4.51. The summed E-state index contributed by atoms with van der Waals surface area (Å²) >= 11 is 0. The minimum absolute atomic E-state index is 0.111. The fraction of sp³-hybridized carbons (Fsp3) is 0.389. The van der Waals surface area contributed by atoms with Crippen LogP contribution in [0, 0.1) is 0 Å². The van der Waals surface area contributed by atoms with Crippen molar-refractivity contribution in [1.29, 1.82) is 0 Å². The SMILES string of the molecule is CCNCc1cccc(Oc2cccc(C(C)(C)C)c2)n1. The first-order chi connectivity index (χ1) is 9.99. The summed E-state index contributed by atoms with van der Waals surface area (Å²) in [6.45, 7) is 10.4. The minimum atomic E-state index is 0.111. The van der Waals surface area contributed by atoms with E-state index in [1.54, 1.807) is 0 Å². The first kappa shape index (κ1) is 15.5. The van der Waals surface area contributed by atoms with Crippen molar-refractivity contribution in [3.05, 3.63) is 53.7 Å². The van der Waals surface area contributed by atoms with Gasteiger partial charge in [-0.05, 0) is 35.7 Å². The number of ether oxygens (including phenoxy) is 1. The predicted octanol–water partition coefficient (Wildman–Crippen LogP) is 4.28. The number of nitrogens with one attached hydrogen (secondary N) is 1. The lowest BCUT2D eigenvalue weighted by molar-refractivity contribution is 0.456. The highest BCUT2D eigenvalue weighted by molar-refractivity contribution is 5.35. The van der Waals surface area contributed by atoms with Crippen LogP contribution in [0.1, 0.15) is 39.0 Å². The Kier molecular flexibility index (Phi) is 4.97. The summed E-state index contributed by atoms with van der Waals surface area (Å²) in [5.41, 5.74) is 2.35. The fourth-order valence-electron chi connectivity index (χ4n) is 2.01. The Bertz CT molecular complexity index is 588. The van der Waals surface area contributed by atoms with E-state index in [4.69, 9.17) is 4.74 Å². The Labute approximate surface area is 127 Å². The van der Waals surface area contributed by atoms with Crippen LogP contribution >= 0.6 is 0 Å². The summed E-state index contributed by atoms with van der Waals surface area (Å²) < 4.78 is 5.90. The molecule has 21 heavy (non-hydrogen) atoms. The zero-order valence-corrected chi connectivity index (χ0v) is 13.3. The van der Waals surface area contributed by atoms with Crippen LogP contribution in [-0.4, -0.2) is 11.5 Å². The maximum atomic E-state index is 5.90. The van der Waals surface area contributed by atoms with Crippen LogP contribution in [0.2, 0.25) is 0 Å². The molecule has 0 spiro atoms. The average Bonchev–Trinajstić information content (AvgIpc) is 2.45. The molecule has 0 aliphatic carbocycles. The van der Waals surface area contributed by atoms with E-state index in [2.05, 4.69) is 50.1 Å². The molecule has 0 radical (unpaired) electrons. The number of pyridine rings is 1. The summed E-state index contributed by atoms with van der Waals surface area (Å²) in [5, 5.41) is 3.27. The van der Waals surface area contributed by atoms with Crippen LogP contribution < -0.4 is 10.1 Å². The quantitative estimate of drug-likeness (QED) is 0.889. The van der Waals surface area contributed by atoms with Crippen molar-refractivity contribution in [3.8, 4) is 11.6 Å². The molecule has 1 aromatic carbocycles. The van der Waals surface area contributed by atoms with E-state index in [1.165, 1.54) is 5.56 Å². The molecule has 0 fully saturated rings. The molecule has 0 saturated heterocycles. The van der Waals surface area contributed by atoms with Gasteiger partial charge < -0.3 is 10.1 Å². The normalized spacial score (nSPS) is 11.4. The standard InChI is InChI=1S/C18H24N2O/c1-5-19-13-15-9-7-11-17(20-15)21-16-10-6-8-14(12-16)18(2,3)4/h6-12,19H,5,13H2,1-4H3. The topological polar surface area (TPSA) is 34.1 Å². The van der Waals surface area contributed by atoms with E-state index >= 15 is 0 Å². The smallest absolute Gasteiger partial charge is 0.219 e. The van der Waals surface area contributed by atoms with Crippen LogP contribution in [0.15, 0.2) is 42.5 Å². The van der Waals surface area contributed by atoms with Gasteiger partial charge in [0.25, 0.3) is 0 Å². The van der Waals surface area contributed by atoms with Crippen LogP contribution in [0.3, 0.4) is 0 Å². The van der Waals surface area contributed by atoms with Gasteiger partial charge >= 0.3 is 0 Å². The Balaban J connectivity index is 2.14. The molecular weight excluding hydrogens is 260 g/mol. The first-order valence-electron chi connectivity index (χ1n) is 7.44. The van der Waals surface area contributed by atoms with Crippen LogP contribution in [0.25, 0.3) is 0 Å². The minimum Gasteiger partial charge on any atom is -0.439 e. The summed E-state index contributed by atoms with van der Waals surface area (Å²) in [6.07, 6.45) is 0. The largest absolute Gasteiger partial charge is 0.439 e. The highest BCUT2D eigenvalue weighted by atomic mass is 16.5. The number of aromatic nitrogens is 1. The molecule has 2 aromatic rings. The van der Waals surface area contributed by atoms with Crippen molar-refractivity contribution < 1.29 is 4.74 Å². The summed E-state index contributed by atoms with van der Waals surface area (Å²) in [7, 11) is 0. The third-order valence-corrected chi connectivity index (χ3v) is 3.26. The van der Waals surface area contributed by atoms with Crippen molar-refractivity contribution in [1.82, 2.24) is 10.3 Å². The number of rotatable bonds is 5. The van der Waals surface area contributed by atoms with Crippen LogP contribution in [0.5, 0.6) is 11.6 Å². The van der Waals surface area contributed by atoms with E-state index in [0.717, 1.165) is 24.5 Å². The van der Waals surface area contributed by atoms with E-state index < -0.39 is 0 Å². The maximum absolute atomic E-state index is 5.90. The lowest BCUT2D eigenvalue weighted by Gasteiger charge is -2.19. The summed E-state index contributed by atoms with van der Waals surface area (Å²) in [6, 6.07) is 14.1. The van der Waals surface area contributed by atoms with E-state index in [0.29, 0.717) is 5.88 Å².